The van der Waals surface area contributed by atoms with Crippen LogP contribution in [0.15, 0.2) is 18.2 Å². The van der Waals surface area contributed by atoms with Crippen molar-refractivity contribution in [2.45, 2.75) is 6.92 Å². The van der Waals surface area contributed by atoms with Gasteiger partial charge in [-0.3, -0.25) is 4.79 Å². The predicted octanol–water partition coefficient (Wildman–Crippen LogP) is 1.00. The van der Waals surface area contributed by atoms with Crippen molar-refractivity contribution in [2.75, 3.05) is 19.0 Å². The third-order valence-electron chi connectivity index (χ3n) is 2.08. The first-order valence-electron chi connectivity index (χ1n) is 4.86. The molecule has 3 N–H and O–H groups in total. The predicted molar refractivity (Wildman–Crippen MR) is 60.5 cm³/mol. The summed E-state index contributed by atoms with van der Waals surface area (Å²) in [6.07, 6.45) is 0. The molecule has 0 aliphatic heterocycles. The zero-order valence-electron chi connectivity index (χ0n) is 9.24. The minimum absolute atomic E-state index is 0.351. The highest BCUT2D eigenvalue weighted by molar-refractivity contribution is 5.99. The SMILES string of the molecule is CCNc1cc(C(N)=O)ccc1C(=O)OC. The number of primary amides is 1. The zero-order chi connectivity index (χ0) is 12.1. The number of hydrogen-bond acceptors (Lipinski definition) is 4. The molecule has 0 aliphatic rings. The van der Waals surface area contributed by atoms with E-state index in [1.807, 2.05) is 6.92 Å². The molecule has 0 fully saturated rings. The number of hydrogen-bond donors (Lipinski definition) is 2. The summed E-state index contributed by atoms with van der Waals surface area (Å²) < 4.78 is 4.63. The fourth-order valence-electron chi connectivity index (χ4n) is 1.32. The van der Waals surface area contributed by atoms with E-state index in [4.69, 9.17) is 5.73 Å². The number of nitrogens with two attached hydrogens (primary N) is 1. The summed E-state index contributed by atoms with van der Waals surface area (Å²) in [7, 11) is 1.31. The van der Waals surface area contributed by atoms with Crippen molar-refractivity contribution in [2.24, 2.45) is 5.73 Å². The lowest BCUT2D eigenvalue weighted by molar-refractivity contribution is 0.0601. The molecule has 0 saturated carbocycles. The fraction of sp³-hybridized carbons (Fsp3) is 0.273. The van der Waals surface area contributed by atoms with Gasteiger partial charge in [-0.1, -0.05) is 0 Å². The van der Waals surface area contributed by atoms with Crippen LogP contribution < -0.4 is 11.1 Å². The number of carbonyl (C=O) groups excluding carboxylic acids is 2. The third-order valence-corrected chi connectivity index (χ3v) is 2.08. The van der Waals surface area contributed by atoms with Crippen LogP contribution in [0.4, 0.5) is 5.69 Å². The number of ether oxygens (including phenoxy) is 1. The van der Waals surface area contributed by atoms with E-state index >= 15 is 0 Å². The van der Waals surface area contributed by atoms with E-state index in [1.165, 1.54) is 25.3 Å². The minimum atomic E-state index is -0.532. The summed E-state index contributed by atoms with van der Waals surface area (Å²) in [5.74, 6) is -0.984. The summed E-state index contributed by atoms with van der Waals surface area (Å²) in [6.45, 7) is 2.52. The van der Waals surface area contributed by atoms with Crippen LogP contribution in [0.2, 0.25) is 0 Å². The Morgan fingerprint density at radius 3 is 2.62 bits per heavy atom. The van der Waals surface area contributed by atoms with Crippen LogP contribution in [0.5, 0.6) is 0 Å². The fourth-order valence-corrected chi connectivity index (χ4v) is 1.32. The van der Waals surface area contributed by atoms with Crippen LogP contribution in [0.1, 0.15) is 27.6 Å². The highest BCUT2D eigenvalue weighted by Crippen LogP contribution is 2.18. The second-order valence-corrected chi connectivity index (χ2v) is 3.15. The van der Waals surface area contributed by atoms with Crippen LogP contribution in [-0.4, -0.2) is 25.5 Å². The maximum absolute atomic E-state index is 11.4. The summed E-state index contributed by atoms with van der Waals surface area (Å²) in [4.78, 5) is 22.4. The molecule has 0 heterocycles. The van der Waals surface area contributed by atoms with E-state index in [2.05, 4.69) is 10.1 Å². The molecule has 0 aliphatic carbocycles. The molecule has 1 aromatic rings. The van der Waals surface area contributed by atoms with E-state index < -0.39 is 11.9 Å². The highest BCUT2D eigenvalue weighted by Gasteiger charge is 2.13. The Morgan fingerprint density at radius 2 is 2.12 bits per heavy atom. The Bertz CT molecular complexity index is 416. The molecule has 0 atom stereocenters. The summed E-state index contributed by atoms with van der Waals surface area (Å²) in [5, 5.41) is 2.98. The number of amides is 1. The molecule has 1 amide bonds. The van der Waals surface area contributed by atoms with E-state index in [0.717, 1.165) is 0 Å². The van der Waals surface area contributed by atoms with Crippen molar-refractivity contribution in [3.05, 3.63) is 29.3 Å². The van der Waals surface area contributed by atoms with Gasteiger partial charge in [0.1, 0.15) is 0 Å². The van der Waals surface area contributed by atoms with Crippen molar-refractivity contribution >= 4 is 17.6 Å². The zero-order valence-corrected chi connectivity index (χ0v) is 9.24. The smallest absolute Gasteiger partial charge is 0.339 e. The van der Waals surface area contributed by atoms with Gasteiger partial charge < -0.3 is 15.8 Å². The van der Waals surface area contributed by atoms with Crippen molar-refractivity contribution < 1.29 is 14.3 Å². The van der Waals surface area contributed by atoms with Crippen molar-refractivity contribution in [3.63, 3.8) is 0 Å². The normalized spacial score (nSPS) is 9.62. The third kappa shape index (κ3) is 2.50. The summed E-state index contributed by atoms with van der Waals surface area (Å²) in [6, 6.07) is 4.55. The Kier molecular flexibility index (Phi) is 3.88. The molecular weight excluding hydrogens is 208 g/mol. The first-order chi connectivity index (χ1) is 7.60. The summed E-state index contributed by atoms with van der Waals surface area (Å²) in [5.41, 5.74) is 6.44. The largest absolute Gasteiger partial charge is 0.465 e. The number of methoxy groups -OCH3 is 1. The quantitative estimate of drug-likeness (QED) is 0.745. The standard InChI is InChI=1S/C11H14N2O3/c1-3-13-9-6-7(10(12)14)4-5-8(9)11(15)16-2/h4-6,13H,3H2,1-2H3,(H2,12,14). The second kappa shape index (κ2) is 5.16. The van der Waals surface area contributed by atoms with Gasteiger partial charge in [-0.25, -0.2) is 4.79 Å². The van der Waals surface area contributed by atoms with Crippen LogP contribution in [0, 0.1) is 0 Å². The topological polar surface area (TPSA) is 81.4 Å². The van der Waals surface area contributed by atoms with Crippen molar-refractivity contribution in [3.8, 4) is 0 Å². The Morgan fingerprint density at radius 1 is 1.44 bits per heavy atom. The summed E-state index contributed by atoms with van der Waals surface area (Å²) >= 11 is 0. The van der Waals surface area contributed by atoms with Gasteiger partial charge in [0.25, 0.3) is 0 Å². The first-order valence-corrected chi connectivity index (χ1v) is 4.86. The molecule has 86 valence electrons. The molecule has 5 heteroatoms. The maximum atomic E-state index is 11.4. The lowest BCUT2D eigenvalue weighted by Gasteiger charge is -2.10. The second-order valence-electron chi connectivity index (χ2n) is 3.15. The van der Waals surface area contributed by atoms with Crippen molar-refractivity contribution in [1.82, 2.24) is 0 Å². The van der Waals surface area contributed by atoms with Gasteiger partial charge in [-0.2, -0.15) is 0 Å². The van der Waals surface area contributed by atoms with Gasteiger partial charge in [-0.15, -0.1) is 0 Å². The van der Waals surface area contributed by atoms with Gasteiger partial charge >= 0.3 is 5.97 Å². The molecule has 0 radical (unpaired) electrons. The van der Waals surface area contributed by atoms with Crippen LogP contribution in [-0.2, 0) is 4.74 Å². The van der Waals surface area contributed by atoms with E-state index in [9.17, 15) is 9.59 Å². The lowest BCUT2D eigenvalue weighted by atomic mass is 10.1. The Balaban J connectivity index is 3.18. The number of nitrogens with one attached hydrogen (secondary N) is 1. The molecule has 0 aromatic heterocycles. The number of rotatable bonds is 4. The van der Waals surface area contributed by atoms with Gasteiger partial charge in [0.05, 0.1) is 12.7 Å². The van der Waals surface area contributed by atoms with Crippen LogP contribution >= 0.6 is 0 Å². The highest BCUT2D eigenvalue weighted by atomic mass is 16.5. The maximum Gasteiger partial charge on any atom is 0.339 e. The first kappa shape index (κ1) is 12.0. The van der Waals surface area contributed by atoms with Crippen LogP contribution in [0.3, 0.4) is 0 Å². The lowest BCUT2D eigenvalue weighted by Crippen LogP contribution is -2.14. The Hall–Kier alpha value is -2.04. The van der Waals surface area contributed by atoms with E-state index in [-0.39, 0.29) is 0 Å². The Labute approximate surface area is 93.6 Å². The average Bonchev–Trinajstić information content (AvgIpc) is 2.28. The van der Waals surface area contributed by atoms with Gasteiger partial charge in [0.15, 0.2) is 0 Å². The molecule has 1 aromatic carbocycles. The molecule has 16 heavy (non-hydrogen) atoms. The van der Waals surface area contributed by atoms with E-state index in [1.54, 1.807) is 0 Å². The molecule has 5 nitrogen and oxygen atoms in total. The molecule has 0 spiro atoms. The van der Waals surface area contributed by atoms with Crippen LogP contribution in [0.25, 0.3) is 0 Å². The van der Waals surface area contributed by atoms with E-state index in [0.29, 0.717) is 23.4 Å². The number of anilines is 1. The molecule has 0 unspecified atom stereocenters. The number of esters is 1. The van der Waals surface area contributed by atoms with Gasteiger partial charge in [0, 0.05) is 17.8 Å². The molecule has 0 saturated heterocycles. The average molecular weight is 222 g/mol. The molecule has 0 bridgehead atoms. The monoisotopic (exact) mass is 222 g/mol. The number of carbonyl (C=O) groups is 2. The molecule has 1 rings (SSSR count). The van der Waals surface area contributed by atoms with Gasteiger partial charge in [-0.05, 0) is 25.1 Å². The van der Waals surface area contributed by atoms with Gasteiger partial charge in [0.2, 0.25) is 5.91 Å². The van der Waals surface area contributed by atoms with Crippen molar-refractivity contribution in [1.29, 1.82) is 0 Å². The minimum Gasteiger partial charge on any atom is -0.465 e. The molecular formula is C11H14N2O3. The number of benzene rings is 1.